The Morgan fingerprint density at radius 3 is 2.53 bits per heavy atom. The second-order valence-corrected chi connectivity index (χ2v) is 17.0. The number of fused-ring (bicyclic) bond motifs is 3. The first-order chi connectivity index (χ1) is 24.0. The molecule has 1 saturated heterocycles. The van der Waals surface area contributed by atoms with Crippen LogP contribution in [0.2, 0.25) is 0 Å². The number of cyclic esters (lactones) is 1. The van der Waals surface area contributed by atoms with Gasteiger partial charge in [0, 0.05) is 17.9 Å². The number of benzene rings is 1. The number of amides is 5. The maximum absolute atomic E-state index is 14.9. The number of hydrogen-bond donors (Lipinski definition) is 3. The van der Waals surface area contributed by atoms with Gasteiger partial charge in [-0.2, -0.15) is 0 Å². The van der Waals surface area contributed by atoms with Crippen molar-refractivity contribution in [2.45, 2.75) is 101 Å². The molecule has 0 radical (unpaired) electrons. The van der Waals surface area contributed by atoms with Crippen LogP contribution in [0.25, 0.3) is 6.08 Å². The van der Waals surface area contributed by atoms with Crippen LogP contribution < -0.4 is 15.4 Å². The molecule has 51 heavy (non-hydrogen) atoms. The Hall–Kier alpha value is -4.47. The van der Waals surface area contributed by atoms with E-state index in [-0.39, 0.29) is 39.1 Å². The number of carbonyl (C=O) groups excluding carboxylic acids is 5. The van der Waals surface area contributed by atoms with Gasteiger partial charge < -0.3 is 25.0 Å². The smallest absolute Gasteiger partial charge is 0.410 e. The van der Waals surface area contributed by atoms with Crippen molar-refractivity contribution in [1.82, 2.24) is 25.2 Å². The van der Waals surface area contributed by atoms with Gasteiger partial charge in [-0.15, -0.1) is 6.58 Å². The molecule has 5 atom stereocenters. The molecule has 4 bridgehead atoms. The van der Waals surface area contributed by atoms with Crippen molar-refractivity contribution in [2.24, 2.45) is 11.3 Å². The zero-order valence-electron chi connectivity index (χ0n) is 28.9. The van der Waals surface area contributed by atoms with Crippen molar-refractivity contribution in [2.75, 3.05) is 13.2 Å². The van der Waals surface area contributed by atoms with Gasteiger partial charge in [-0.05, 0) is 54.7 Å². The molecular formula is C35H44FN5O9S. The molecule has 6 rings (SSSR count). The zero-order chi connectivity index (χ0) is 36.9. The van der Waals surface area contributed by atoms with Gasteiger partial charge in [0.15, 0.2) is 0 Å². The number of nitrogens with zero attached hydrogens (tertiary/aromatic N) is 2. The molecule has 3 heterocycles. The zero-order valence-corrected chi connectivity index (χ0v) is 29.7. The third kappa shape index (κ3) is 7.46. The fraction of sp³-hybridized carbons (Fsp3) is 0.571. The summed E-state index contributed by atoms with van der Waals surface area (Å²) in [6, 6.07) is 0.526. The van der Waals surface area contributed by atoms with Gasteiger partial charge in [-0.1, -0.05) is 45.1 Å². The Labute approximate surface area is 296 Å². The van der Waals surface area contributed by atoms with Crippen LogP contribution in [0.5, 0.6) is 0 Å². The molecule has 16 heteroatoms. The number of halogens is 1. The van der Waals surface area contributed by atoms with Crippen molar-refractivity contribution in [3.63, 3.8) is 0 Å². The molecule has 3 aliphatic heterocycles. The van der Waals surface area contributed by atoms with E-state index in [2.05, 4.69) is 21.9 Å². The SMILES string of the molecule is C=C[C@@H]1C[C@]1(NC(=O)[C@@H]1C[C@@H]2CN1C(=O)[C@H](C(C)(C)C)NC(=O)OCCCC=Cc1ccc(F)c3c1CN(C3)C(=O)O2)C(=O)NS(=O)(=O)C1CC1. The van der Waals surface area contributed by atoms with Crippen molar-refractivity contribution in [3.05, 3.63) is 53.4 Å². The minimum Gasteiger partial charge on any atom is -0.450 e. The predicted octanol–water partition coefficient (Wildman–Crippen LogP) is 2.86. The van der Waals surface area contributed by atoms with Crippen molar-refractivity contribution in [1.29, 1.82) is 0 Å². The second-order valence-electron chi connectivity index (χ2n) is 15.0. The summed E-state index contributed by atoms with van der Waals surface area (Å²) < 4.78 is 53.4. The first-order valence-electron chi connectivity index (χ1n) is 17.2. The largest absolute Gasteiger partial charge is 0.450 e. The summed E-state index contributed by atoms with van der Waals surface area (Å²) in [7, 11) is -3.93. The molecule has 3 fully saturated rings. The average molecular weight is 730 g/mol. The number of hydrogen-bond acceptors (Lipinski definition) is 9. The molecule has 5 amide bonds. The highest BCUT2D eigenvalue weighted by Crippen LogP contribution is 2.45. The number of rotatable bonds is 6. The molecule has 0 spiro atoms. The standard InChI is InChI=1S/C35H44FN5O9S/c1-5-21-16-35(21,31(44)39-51(47,48)23-11-12-23)38-29(42)27-15-22-17-41(27)30(43)28(34(2,3)4)37-32(45)49-14-8-6-7-9-20-10-13-26(36)25-19-40(18-24(20)25)33(46)50-22/h5,7,9-10,13,21-23,27-28H,1,6,8,11-12,14-19H2,2-4H3,(H,37,45)(H,38,42)(H,39,44)/t21-,22-,27+,28-,35-/m1/s1. The number of carbonyl (C=O) groups is 5. The molecule has 2 saturated carbocycles. The van der Waals surface area contributed by atoms with E-state index in [1.165, 1.54) is 21.9 Å². The first kappa shape index (κ1) is 36.3. The fourth-order valence-corrected chi connectivity index (χ4v) is 8.29. The van der Waals surface area contributed by atoms with Gasteiger partial charge in [-0.25, -0.2) is 22.4 Å². The van der Waals surface area contributed by atoms with Gasteiger partial charge in [0.1, 0.15) is 29.5 Å². The lowest BCUT2D eigenvalue weighted by molar-refractivity contribution is -0.142. The summed E-state index contributed by atoms with van der Waals surface area (Å²) in [4.78, 5) is 70.8. The summed E-state index contributed by atoms with van der Waals surface area (Å²) in [6.45, 7) is 8.80. The Kier molecular flexibility index (Phi) is 9.67. The van der Waals surface area contributed by atoms with Gasteiger partial charge in [0.25, 0.3) is 5.91 Å². The molecule has 14 nitrogen and oxygen atoms in total. The molecule has 5 aliphatic rings. The Bertz CT molecular complexity index is 1790. The van der Waals surface area contributed by atoms with Gasteiger partial charge in [-0.3, -0.25) is 24.0 Å². The highest BCUT2D eigenvalue weighted by atomic mass is 32.2. The van der Waals surface area contributed by atoms with E-state index in [1.54, 1.807) is 26.8 Å². The highest BCUT2D eigenvalue weighted by molar-refractivity contribution is 7.91. The predicted molar refractivity (Wildman–Crippen MR) is 181 cm³/mol. The summed E-state index contributed by atoms with van der Waals surface area (Å²) in [5.74, 6) is -3.34. The van der Waals surface area contributed by atoms with E-state index in [0.717, 1.165) is 5.56 Å². The quantitative estimate of drug-likeness (QED) is 0.371. The molecule has 0 aromatic heterocycles. The fourth-order valence-electron chi connectivity index (χ4n) is 6.92. The number of nitrogens with one attached hydrogen (secondary N) is 3. The number of alkyl carbamates (subject to hydrolysis) is 1. The van der Waals surface area contributed by atoms with Crippen LogP contribution in [0.4, 0.5) is 14.0 Å². The molecule has 3 N–H and O–H groups in total. The minimum absolute atomic E-state index is 0.0305. The molecule has 276 valence electrons. The van der Waals surface area contributed by atoms with Crippen molar-refractivity contribution >= 4 is 46.0 Å². The molecule has 2 aliphatic carbocycles. The number of allylic oxidation sites excluding steroid dienone is 1. The van der Waals surface area contributed by atoms with E-state index >= 15 is 0 Å². The summed E-state index contributed by atoms with van der Waals surface area (Å²) in [6.07, 6.45) is 4.38. The van der Waals surface area contributed by atoms with Gasteiger partial charge >= 0.3 is 12.2 Å². The van der Waals surface area contributed by atoms with Crippen molar-refractivity contribution in [3.8, 4) is 0 Å². The minimum atomic E-state index is -3.93. The van der Waals surface area contributed by atoms with Crippen LogP contribution >= 0.6 is 0 Å². The van der Waals surface area contributed by atoms with E-state index in [4.69, 9.17) is 9.47 Å². The Balaban J connectivity index is 1.28. The summed E-state index contributed by atoms with van der Waals surface area (Å²) in [5.41, 5.74) is -0.734. The second kappa shape index (κ2) is 13.6. The number of ether oxygens (including phenoxy) is 2. The lowest BCUT2D eigenvalue weighted by Crippen LogP contribution is -2.60. The normalized spacial score (nSPS) is 28.4. The van der Waals surface area contributed by atoms with E-state index in [1.807, 2.05) is 12.2 Å². The highest BCUT2D eigenvalue weighted by Gasteiger charge is 2.62. The van der Waals surface area contributed by atoms with Gasteiger partial charge in [0.05, 0.1) is 31.5 Å². The van der Waals surface area contributed by atoms with Crippen molar-refractivity contribution < 1.29 is 46.3 Å². The van der Waals surface area contributed by atoms with Crippen LogP contribution in [-0.2, 0) is 47.0 Å². The van der Waals surface area contributed by atoms with E-state index in [0.29, 0.717) is 36.8 Å². The molecular weight excluding hydrogens is 685 g/mol. The monoisotopic (exact) mass is 729 g/mol. The van der Waals surface area contributed by atoms with E-state index in [9.17, 15) is 36.8 Å². The van der Waals surface area contributed by atoms with Crippen LogP contribution in [0, 0.1) is 17.2 Å². The Morgan fingerprint density at radius 2 is 1.86 bits per heavy atom. The Morgan fingerprint density at radius 1 is 1.14 bits per heavy atom. The summed E-state index contributed by atoms with van der Waals surface area (Å²) in [5, 5.41) is 4.67. The maximum atomic E-state index is 14.9. The molecule has 1 aromatic carbocycles. The third-order valence-corrected chi connectivity index (χ3v) is 12.0. The maximum Gasteiger partial charge on any atom is 0.410 e. The van der Waals surface area contributed by atoms with Gasteiger partial charge in [0.2, 0.25) is 21.8 Å². The van der Waals surface area contributed by atoms with Crippen LogP contribution in [0.3, 0.4) is 0 Å². The first-order valence-corrected chi connectivity index (χ1v) is 18.8. The summed E-state index contributed by atoms with van der Waals surface area (Å²) >= 11 is 0. The van der Waals surface area contributed by atoms with E-state index < -0.39 is 86.1 Å². The number of sulfonamides is 1. The topological polar surface area (TPSA) is 181 Å². The average Bonchev–Trinajstić information content (AvgIpc) is 3.95. The molecule has 0 unspecified atom stereocenters. The lowest BCUT2D eigenvalue weighted by Gasteiger charge is -2.35. The van der Waals surface area contributed by atoms with Crippen LogP contribution in [0.15, 0.2) is 30.9 Å². The van der Waals surface area contributed by atoms with Crippen LogP contribution in [0.1, 0.15) is 76.0 Å². The van der Waals surface area contributed by atoms with Crippen LogP contribution in [-0.4, -0.2) is 90.3 Å². The molecule has 1 aromatic rings. The third-order valence-electron chi connectivity index (χ3n) is 10.2. The lowest BCUT2D eigenvalue weighted by atomic mass is 9.85.